The minimum atomic E-state index is -3.47. The second kappa shape index (κ2) is 6.94. The molecule has 0 unspecified atom stereocenters. The summed E-state index contributed by atoms with van der Waals surface area (Å²) in [6.07, 6.45) is 5.18. The summed E-state index contributed by atoms with van der Waals surface area (Å²) in [5.74, 6) is 1.68. The van der Waals surface area contributed by atoms with Gasteiger partial charge in [0.05, 0.1) is 0 Å². The molecular weight excluding hydrogens is 352 g/mol. The molecule has 0 bridgehead atoms. The Bertz CT molecular complexity index is 898. The fourth-order valence-corrected chi connectivity index (χ4v) is 4.45. The summed E-state index contributed by atoms with van der Waals surface area (Å²) >= 11 is 0. The number of hydrogen-bond donors (Lipinski definition) is 2. The van der Waals surface area contributed by atoms with Crippen molar-refractivity contribution in [3.63, 3.8) is 0 Å². The van der Waals surface area contributed by atoms with Crippen LogP contribution in [-0.2, 0) is 16.6 Å². The summed E-state index contributed by atoms with van der Waals surface area (Å²) in [5, 5.41) is 18.9. The predicted octanol–water partition coefficient (Wildman–Crippen LogP) is 1.94. The van der Waals surface area contributed by atoms with Gasteiger partial charge < -0.3 is 9.67 Å². The Morgan fingerprint density at radius 3 is 2.58 bits per heavy atom. The second-order valence-corrected chi connectivity index (χ2v) is 8.57. The third-order valence-electron chi connectivity index (χ3n) is 4.92. The number of sulfonamides is 1. The van der Waals surface area contributed by atoms with E-state index in [9.17, 15) is 13.5 Å². The van der Waals surface area contributed by atoms with Crippen LogP contribution in [0.3, 0.4) is 0 Å². The Hall–Kier alpha value is -2.03. The molecule has 2 aliphatic carbocycles. The van der Waals surface area contributed by atoms with Gasteiger partial charge in [0.1, 0.15) is 12.4 Å². The number of benzene rings is 1. The summed E-state index contributed by atoms with van der Waals surface area (Å²) in [7, 11) is -3.47. The Morgan fingerprint density at radius 1 is 1.19 bits per heavy atom. The van der Waals surface area contributed by atoms with Crippen LogP contribution in [0, 0.1) is 0 Å². The van der Waals surface area contributed by atoms with Gasteiger partial charge in [-0.1, -0.05) is 30.3 Å². The van der Waals surface area contributed by atoms with Crippen LogP contribution in [0.25, 0.3) is 6.08 Å². The summed E-state index contributed by atoms with van der Waals surface area (Å²) in [5.41, 5.74) is 0.846. The van der Waals surface area contributed by atoms with E-state index in [1.54, 1.807) is 6.08 Å². The number of aromatic nitrogens is 3. The normalized spacial score (nSPS) is 23.3. The zero-order valence-electron chi connectivity index (χ0n) is 14.3. The van der Waals surface area contributed by atoms with Crippen molar-refractivity contribution in [2.24, 2.45) is 0 Å². The molecule has 26 heavy (non-hydrogen) atoms. The molecule has 1 heterocycles. The lowest BCUT2D eigenvalue weighted by molar-refractivity contribution is 0.261. The molecule has 1 aromatic carbocycles. The molecule has 0 atom stereocenters. The number of nitrogens with one attached hydrogen (secondary N) is 1. The summed E-state index contributed by atoms with van der Waals surface area (Å²) in [4.78, 5) is 0. The topological polar surface area (TPSA) is 97.1 Å². The van der Waals surface area contributed by atoms with E-state index in [0.29, 0.717) is 24.7 Å². The molecule has 1 aromatic heterocycles. The van der Waals surface area contributed by atoms with Crippen LogP contribution in [-0.4, -0.2) is 34.3 Å². The van der Waals surface area contributed by atoms with Crippen molar-refractivity contribution < 1.29 is 13.5 Å². The standard InChI is InChI=1S/C18H22N4O3S/c23-12-17-19-20-18(22(17)16-6-7-16)14-10-15(11-14)21-26(24,25)9-8-13-4-2-1-3-5-13/h1-5,8-9,14-16,21,23H,6-7,10-12H2. The molecule has 2 fully saturated rings. The van der Waals surface area contributed by atoms with Gasteiger partial charge in [-0.15, -0.1) is 10.2 Å². The summed E-state index contributed by atoms with van der Waals surface area (Å²) < 4.78 is 29.2. The third kappa shape index (κ3) is 3.72. The van der Waals surface area contributed by atoms with Gasteiger partial charge in [-0.25, -0.2) is 13.1 Å². The van der Waals surface area contributed by atoms with Crippen molar-refractivity contribution in [2.75, 3.05) is 0 Å². The van der Waals surface area contributed by atoms with Crippen molar-refractivity contribution in [1.82, 2.24) is 19.5 Å². The highest BCUT2D eigenvalue weighted by Crippen LogP contribution is 2.42. The van der Waals surface area contributed by atoms with Crippen LogP contribution < -0.4 is 4.72 Å². The van der Waals surface area contributed by atoms with Crippen LogP contribution in [0.2, 0.25) is 0 Å². The van der Waals surface area contributed by atoms with Gasteiger partial charge in [-0.3, -0.25) is 0 Å². The number of hydrogen-bond acceptors (Lipinski definition) is 5. The van der Waals surface area contributed by atoms with Gasteiger partial charge in [0.2, 0.25) is 10.0 Å². The Labute approximate surface area is 152 Å². The Kier molecular flexibility index (Phi) is 4.64. The highest BCUT2D eigenvalue weighted by molar-refractivity contribution is 7.92. The molecule has 0 spiro atoms. The maximum Gasteiger partial charge on any atom is 0.233 e. The molecule has 2 N–H and O–H groups in total. The van der Waals surface area contributed by atoms with E-state index in [0.717, 1.165) is 24.2 Å². The van der Waals surface area contributed by atoms with Crippen LogP contribution in [0.5, 0.6) is 0 Å². The molecule has 2 aliphatic rings. The molecule has 2 saturated carbocycles. The molecule has 138 valence electrons. The zero-order chi connectivity index (χ0) is 18.1. The van der Waals surface area contributed by atoms with Gasteiger partial charge in [0.25, 0.3) is 0 Å². The predicted molar refractivity (Wildman–Crippen MR) is 97.5 cm³/mol. The smallest absolute Gasteiger partial charge is 0.233 e. The molecule has 8 heteroatoms. The van der Waals surface area contributed by atoms with Crippen LogP contribution in [0.4, 0.5) is 0 Å². The maximum absolute atomic E-state index is 12.2. The van der Waals surface area contributed by atoms with E-state index in [1.807, 2.05) is 34.9 Å². The summed E-state index contributed by atoms with van der Waals surface area (Å²) in [6, 6.07) is 9.64. The van der Waals surface area contributed by atoms with Crippen molar-refractivity contribution in [3.8, 4) is 0 Å². The fraction of sp³-hybridized carbons (Fsp3) is 0.444. The average molecular weight is 374 g/mol. The highest BCUT2D eigenvalue weighted by Gasteiger charge is 2.39. The van der Waals surface area contributed by atoms with Crippen LogP contribution in [0.15, 0.2) is 35.7 Å². The first-order valence-electron chi connectivity index (χ1n) is 8.86. The van der Waals surface area contributed by atoms with E-state index < -0.39 is 10.0 Å². The molecule has 0 amide bonds. The number of nitrogens with zero attached hydrogens (tertiary/aromatic N) is 3. The first-order chi connectivity index (χ1) is 12.6. The molecule has 0 radical (unpaired) electrons. The van der Waals surface area contributed by atoms with Crippen molar-refractivity contribution in [1.29, 1.82) is 0 Å². The highest BCUT2D eigenvalue weighted by atomic mass is 32.2. The van der Waals surface area contributed by atoms with E-state index in [2.05, 4.69) is 14.9 Å². The largest absolute Gasteiger partial charge is 0.388 e. The lowest BCUT2D eigenvalue weighted by Gasteiger charge is -2.34. The minimum Gasteiger partial charge on any atom is -0.388 e. The minimum absolute atomic E-state index is 0.0904. The van der Waals surface area contributed by atoms with E-state index in [-0.39, 0.29) is 18.6 Å². The number of aliphatic hydroxyl groups excluding tert-OH is 1. The lowest BCUT2D eigenvalue weighted by atomic mass is 9.80. The van der Waals surface area contributed by atoms with Crippen molar-refractivity contribution in [3.05, 3.63) is 53.0 Å². The SMILES string of the molecule is O=S(=O)(C=Cc1ccccc1)NC1CC(c2nnc(CO)n2C2CC2)C1. The molecule has 0 aliphatic heterocycles. The molecule has 2 aromatic rings. The van der Waals surface area contributed by atoms with Gasteiger partial charge in [-0.2, -0.15) is 0 Å². The zero-order valence-corrected chi connectivity index (χ0v) is 15.1. The number of aliphatic hydroxyl groups is 1. The average Bonchev–Trinajstić information content (AvgIpc) is 3.36. The second-order valence-electron chi connectivity index (χ2n) is 6.98. The van der Waals surface area contributed by atoms with Crippen molar-refractivity contribution in [2.45, 2.75) is 50.3 Å². The molecular formula is C18H22N4O3S. The van der Waals surface area contributed by atoms with Crippen molar-refractivity contribution >= 4 is 16.1 Å². The fourth-order valence-electron chi connectivity index (χ4n) is 3.38. The molecule has 4 rings (SSSR count). The monoisotopic (exact) mass is 374 g/mol. The van der Waals surface area contributed by atoms with Crippen LogP contribution >= 0.6 is 0 Å². The van der Waals surface area contributed by atoms with E-state index in [4.69, 9.17) is 0 Å². The lowest BCUT2D eigenvalue weighted by Crippen LogP contribution is -2.43. The first-order valence-corrected chi connectivity index (χ1v) is 10.4. The third-order valence-corrected chi connectivity index (χ3v) is 6.08. The van der Waals surface area contributed by atoms with Crippen LogP contribution in [0.1, 0.15) is 54.9 Å². The van der Waals surface area contributed by atoms with E-state index >= 15 is 0 Å². The van der Waals surface area contributed by atoms with E-state index in [1.165, 1.54) is 5.41 Å². The quantitative estimate of drug-likeness (QED) is 0.772. The van der Waals surface area contributed by atoms with Gasteiger partial charge in [-0.05, 0) is 37.3 Å². The van der Waals surface area contributed by atoms with Gasteiger partial charge in [0.15, 0.2) is 5.82 Å². The Morgan fingerprint density at radius 2 is 1.92 bits per heavy atom. The van der Waals surface area contributed by atoms with Gasteiger partial charge >= 0.3 is 0 Å². The maximum atomic E-state index is 12.2. The summed E-state index contributed by atoms with van der Waals surface area (Å²) in [6.45, 7) is -0.115. The van der Waals surface area contributed by atoms with Gasteiger partial charge in [0, 0.05) is 23.4 Å². The molecule has 7 nitrogen and oxygen atoms in total. The number of rotatable bonds is 7. The first kappa shape index (κ1) is 17.4. The Balaban J connectivity index is 1.37. The molecule has 0 saturated heterocycles.